The zero-order chi connectivity index (χ0) is 14.0. The van der Waals surface area contributed by atoms with Crippen LogP contribution in [0.5, 0.6) is 11.5 Å². The molecule has 1 unspecified atom stereocenters. The molecule has 20 heavy (non-hydrogen) atoms. The Balaban J connectivity index is 2.15. The second-order valence-corrected chi connectivity index (χ2v) is 5.46. The molecule has 0 radical (unpaired) electrons. The highest BCUT2D eigenvalue weighted by molar-refractivity contribution is 5.52. The Hall–Kier alpha value is -1.73. The second kappa shape index (κ2) is 5.34. The molecule has 2 aliphatic rings. The van der Waals surface area contributed by atoms with E-state index >= 15 is 0 Å². The monoisotopic (exact) mass is 272 g/mol. The fourth-order valence-electron chi connectivity index (χ4n) is 3.40. The van der Waals surface area contributed by atoms with Crippen molar-refractivity contribution in [3.63, 3.8) is 0 Å². The van der Waals surface area contributed by atoms with Gasteiger partial charge in [0.15, 0.2) is 11.5 Å². The summed E-state index contributed by atoms with van der Waals surface area (Å²) in [5.41, 5.74) is 0.412. The summed E-state index contributed by atoms with van der Waals surface area (Å²) in [5.74, 6) is 1.48. The van der Waals surface area contributed by atoms with Crippen LogP contribution < -0.4 is 9.47 Å². The molecule has 1 aromatic rings. The van der Waals surface area contributed by atoms with Crippen LogP contribution in [-0.4, -0.2) is 31.7 Å². The van der Waals surface area contributed by atoms with Crippen molar-refractivity contribution in [2.45, 2.75) is 31.2 Å². The SMILES string of the molecule is COc1cccc2c1OCCCC2(C#N)N1CCCC1. The zero-order valence-electron chi connectivity index (χ0n) is 11.9. The lowest BCUT2D eigenvalue weighted by molar-refractivity contribution is 0.162. The first-order valence-corrected chi connectivity index (χ1v) is 7.28. The molecular formula is C16H20N2O2. The van der Waals surface area contributed by atoms with Crippen molar-refractivity contribution in [1.29, 1.82) is 5.26 Å². The number of fused-ring (bicyclic) bond motifs is 1. The maximum atomic E-state index is 9.95. The largest absolute Gasteiger partial charge is 0.493 e. The Morgan fingerprint density at radius 2 is 2.10 bits per heavy atom. The number of hydrogen-bond donors (Lipinski definition) is 0. The number of nitrogens with zero attached hydrogens (tertiary/aromatic N) is 2. The van der Waals surface area contributed by atoms with Crippen LogP contribution in [0.2, 0.25) is 0 Å². The van der Waals surface area contributed by atoms with E-state index in [1.165, 1.54) is 12.8 Å². The molecule has 2 heterocycles. The summed E-state index contributed by atoms with van der Waals surface area (Å²) in [5, 5.41) is 9.95. The quantitative estimate of drug-likeness (QED) is 0.830. The van der Waals surface area contributed by atoms with E-state index in [1.54, 1.807) is 7.11 Å². The Kier molecular flexibility index (Phi) is 3.54. The van der Waals surface area contributed by atoms with Crippen molar-refractivity contribution in [3.8, 4) is 17.6 Å². The van der Waals surface area contributed by atoms with Gasteiger partial charge in [0.25, 0.3) is 0 Å². The minimum atomic E-state index is -0.559. The van der Waals surface area contributed by atoms with E-state index in [1.807, 2.05) is 18.2 Å². The topological polar surface area (TPSA) is 45.5 Å². The van der Waals surface area contributed by atoms with Gasteiger partial charge in [-0.1, -0.05) is 12.1 Å². The molecule has 0 saturated carbocycles. The van der Waals surface area contributed by atoms with Crippen LogP contribution in [0.1, 0.15) is 31.2 Å². The molecule has 3 rings (SSSR count). The number of ether oxygens (including phenoxy) is 2. The molecule has 4 nitrogen and oxygen atoms in total. The molecule has 1 aromatic carbocycles. The molecule has 106 valence electrons. The Morgan fingerprint density at radius 3 is 2.80 bits per heavy atom. The molecule has 1 saturated heterocycles. The zero-order valence-corrected chi connectivity index (χ0v) is 11.9. The Bertz CT molecular complexity index is 532. The third kappa shape index (κ3) is 1.94. The predicted molar refractivity (Wildman–Crippen MR) is 75.8 cm³/mol. The molecule has 0 aromatic heterocycles. The molecule has 1 fully saturated rings. The van der Waals surface area contributed by atoms with Gasteiger partial charge in [-0.15, -0.1) is 0 Å². The molecular weight excluding hydrogens is 252 g/mol. The fourth-order valence-corrected chi connectivity index (χ4v) is 3.40. The average Bonchev–Trinajstić information content (AvgIpc) is 2.96. The van der Waals surface area contributed by atoms with Crippen LogP contribution >= 0.6 is 0 Å². The van der Waals surface area contributed by atoms with E-state index in [0.29, 0.717) is 6.61 Å². The van der Waals surface area contributed by atoms with Crippen LogP contribution in [0.25, 0.3) is 0 Å². The maximum absolute atomic E-state index is 9.95. The molecule has 0 N–H and O–H groups in total. The summed E-state index contributed by atoms with van der Waals surface area (Å²) in [6, 6.07) is 8.47. The van der Waals surface area contributed by atoms with Gasteiger partial charge in [-0.05, 0) is 31.7 Å². The highest BCUT2D eigenvalue weighted by atomic mass is 16.5. The van der Waals surface area contributed by atoms with Crippen molar-refractivity contribution in [3.05, 3.63) is 23.8 Å². The van der Waals surface area contributed by atoms with Gasteiger partial charge < -0.3 is 9.47 Å². The second-order valence-electron chi connectivity index (χ2n) is 5.46. The van der Waals surface area contributed by atoms with E-state index in [9.17, 15) is 5.26 Å². The lowest BCUT2D eigenvalue weighted by Crippen LogP contribution is -2.43. The molecule has 4 heteroatoms. The van der Waals surface area contributed by atoms with Gasteiger partial charge in [0.2, 0.25) is 0 Å². The van der Waals surface area contributed by atoms with Crippen molar-refractivity contribution < 1.29 is 9.47 Å². The van der Waals surface area contributed by atoms with Crippen molar-refractivity contribution in [2.75, 3.05) is 26.8 Å². The van der Waals surface area contributed by atoms with Gasteiger partial charge in [0.1, 0.15) is 5.54 Å². The van der Waals surface area contributed by atoms with Crippen molar-refractivity contribution >= 4 is 0 Å². The summed E-state index contributed by atoms with van der Waals surface area (Å²) < 4.78 is 11.3. The predicted octanol–water partition coefficient (Wildman–Crippen LogP) is 2.68. The molecule has 1 atom stereocenters. The molecule has 0 amide bonds. The number of methoxy groups -OCH3 is 1. The summed E-state index contributed by atoms with van der Waals surface area (Å²) in [7, 11) is 1.65. The highest BCUT2D eigenvalue weighted by Crippen LogP contribution is 2.45. The number of nitriles is 1. The molecule has 2 aliphatic heterocycles. The summed E-state index contributed by atoms with van der Waals surface area (Å²) in [4.78, 5) is 2.32. The van der Waals surface area contributed by atoms with Crippen LogP contribution in [0.15, 0.2) is 18.2 Å². The van der Waals surface area contributed by atoms with Gasteiger partial charge in [0, 0.05) is 18.7 Å². The van der Waals surface area contributed by atoms with Crippen molar-refractivity contribution in [2.24, 2.45) is 0 Å². The van der Waals surface area contributed by atoms with Gasteiger partial charge >= 0.3 is 0 Å². The minimum absolute atomic E-state index is 0.559. The third-order valence-corrected chi connectivity index (χ3v) is 4.40. The maximum Gasteiger partial charge on any atom is 0.167 e. The first-order valence-electron chi connectivity index (χ1n) is 7.28. The first kappa shape index (κ1) is 13.3. The molecule has 0 spiro atoms. The van der Waals surface area contributed by atoms with Gasteiger partial charge in [-0.3, -0.25) is 4.90 Å². The van der Waals surface area contributed by atoms with E-state index in [-0.39, 0.29) is 0 Å². The van der Waals surface area contributed by atoms with Gasteiger partial charge in [-0.2, -0.15) is 5.26 Å². The van der Waals surface area contributed by atoms with Crippen molar-refractivity contribution in [1.82, 2.24) is 4.90 Å². The van der Waals surface area contributed by atoms with Gasteiger partial charge in [-0.25, -0.2) is 0 Å². The first-order chi connectivity index (χ1) is 9.81. The number of para-hydroxylation sites is 1. The smallest absolute Gasteiger partial charge is 0.167 e. The van der Waals surface area contributed by atoms with E-state index in [4.69, 9.17) is 9.47 Å². The third-order valence-electron chi connectivity index (χ3n) is 4.40. The van der Waals surface area contributed by atoms with Crippen LogP contribution in [0.4, 0.5) is 0 Å². The number of benzene rings is 1. The lowest BCUT2D eigenvalue weighted by Gasteiger charge is -2.36. The van der Waals surface area contributed by atoms with Gasteiger partial charge in [0.05, 0.1) is 19.8 Å². The number of likely N-dealkylation sites (tertiary alicyclic amines) is 1. The Morgan fingerprint density at radius 1 is 1.30 bits per heavy atom. The molecule has 0 bridgehead atoms. The van der Waals surface area contributed by atoms with E-state index in [0.717, 1.165) is 43.0 Å². The average molecular weight is 272 g/mol. The number of rotatable bonds is 2. The summed E-state index contributed by atoms with van der Waals surface area (Å²) >= 11 is 0. The number of hydrogen-bond acceptors (Lipinski definition) is 4. The van der Waals surface area contributed by atoms with E-state index in [2.05, 4.69) is 11.0 Å². The normalized spacial score (nSPS) is 26.2. The molecule has 0 aliphatic carbocycles. The summed E-state index contributed by atoms with van der Waals surface area (Å²) in [6.07, 6.45) is 4.05. The van der Waals surface area contributed by atoms with Crippen LogP contribution in [0, 0.1) is 11.3 Å². The summed E-state index contributed by atoms with van der Waals surface area (Å²) in [6.45, 7) is 2.62. The minimum Gasteiger partial charge on any atom is -0.493 e. The Labute approximate surface area is 119 Å². The van der Waals surface area contributed by atoms with Crippen LogP contribution in [-0.2, 0) is 5.54 Å². The standard InChI is InChI=1S/C16H20N2O2/c1-19-14-7-4-6-13-15(14)20-11-5-8-16(13,12-17)18-9-2-3-10-18/h4,6-7H,2-3,5,8-11H2,1H3. The van der Waals surface area contributed by atoms with E-state index < -0.39 is 5.54 Å². The van der Waals surface area contributed by atoms with Crippen LogP contribution in [0.3, 0.4) is 0 Å². The lowest BCUT2D eigenvalue weighted by atomic mass is 9.85. The fraction of sp³-hybridized carbons (Fsp3) is 0.562. The highest BCUT2D eigenvalue weighted by Gasteiger charge is 2.43.